The fourth-order valence-electron chi connectivity index (χ4n) is 2.37. The van der Waals surface area contributed by atoms with Crippen LogP contribution in [-0.4, -0.2) is 24.7 Å². The molecule has 2 aromatic heterocycles. The van der Waals surface area contributed by atoms with Crippen molar-refractivity contribution in [1.82, 2.24) is 10.3 Å². The van der Waals surface area contributed by atoms with Crippen molar-refractivity contribution in [3.63, 3.8) is 0 Å². The first kappa shape index (κ1) is 12.2. The van der Waals surface area contributed by atoms with E-state index in [0.717, 1.165) is 31.0 Å². The lowest BCUT2D eigenvalue weighted by Gasteiger charge is -2.22. The molecule has 2 aromatic rings. The molecule has 0 bridgehead atoms. The lowest BCUT2D eigenvalue weighted by Crippen LogP contribution is -2.30. The fraction of sp³-hybridized carbons (Fsp3) is 0.400. The minimum atomic E-state index is 0.618. The average Bonchev–Trinajstić information content (AvgIpc) is 3.01. The van der Waals surface area contributed by atoms with Crippen molar-refractivity contribution in [1.29, 1.82) is 0 Å². The lowest BCUT2D eigenvalue weighted by atomic mass is 9.99. The van der Waals surface area contributed by atoms with Crippen molar-refractivity contribution < 1.29 is 9.15 Å². The van der Waals surface area contributed by atoms with Crippen molar-refractivity contribution in [3.8, 4) is 17.2 Å². The van der Waals surface area contributed by atoms with Gasteiger partial charge in [-0.2, -0.15) is 0 Å². The standard InChI is InChI=1S/C15H18N2O2/c1-3-13(14-4-2-10-18-14)15(17-7-1)19-11-12-5-8-16-9-6-12/h1-4,7,10,12,16H,5-6,8-9,11H2. The highest BCUT2D eigenvalue weighted by Crippen LogP contribution is 2.28. The summed E-state index contributed by atoms with van der Waals surface area (Å²) in [5.74, 6) is 2.08. The molecule has 0 spiro atoms. The second-order valence-electron chi connectivity index (χ2n) is 4.84. The Hall–Kier alpha value is -1.81. The second kappa shape index (κ2) is 5.89. The molecule has 0 aromatic carbocycles. The van der Waals surface area contributed by atoms with Gasteiger partial charge in [0.05, 0.1) is 18.4 Å². The third kappa shape index (κ3) is 2.96. The van der Waals surface area contributed by atoms with E-state index in [2.05, 4.69) is 10.3 Å². The molecule has 19 heavy (non-hydrogen) atoms. The van der Waals surface area contributed by atoms with Gasteiger partial charge < -0.3 is 14.5 Å². The average molecular weight is 258 g/mol. The third-order valence-corrected chi connectivity index (χ3v) is 3.47. The van der Waals surface area contributed by atoms with Crippen LogP contribution in [0.25, 0.3) is 11.3 Å². The van der Waals surface area contributed by atoms with Crippen molar-refractivity contribution in [2.45, 2.75) is 12.8 Å². The number of ether oxygens (including phenoxy) is 1. The number of nitrogens with one attached hydrogen (secondary N) is 1. The number of aromatic nitrogens is 1. The van der Waals surface area contributed by atoms with Gasteiger partial charge in [0.2, 0.25) is 5.88 Å². The van der Waals surface area contributed by atoms with Crippen LogP contribution >= 0.6 is 0 Å². The van der Waals surface area contributed by atoms with Crippen molar-refractivity contribution >= 4 is 0 Å². The van der Waals surface area contributed by atoms with E-state index >= 15 is 0 Å². The van der Waals surface area contributed by atoms with E-state index in [1.807, 2.05) is 24.3 Å². The van der Waals surface area contributed by atoms with Gasteiger partial charge in [0.1, 0.15) is 5.76 Å². The summed E-state index contributed by atoms with van der Waals surface area (Å²) < 4.78 is 11.3. The molecule has 4 heteroatoms. The summed E-state index contributed by atoms with van der Waals surface area (Å²) >= 11 is 0. The zero-order valence-electron chi connectivity index (χ0n) is 10.8. The molecular formula is C15H18N2O2. The summed E-state index contributed by atoms with van der Waals surface area (Å²) in [5, 5.41) is 3.36. The van der Waals surface area contributed by atoms with Crippen LogP contribution in [0.2, 0.25) is 0 Å². The van der Waals surface area contributed by atoms with E-state index in [4.69, 9.17) is 9.15 Å². The van der Waals surface area contributed by atoms with Crippen LogP contribution in [0, 0.1) is 5.92 Å². The van der Waals surface area contributed by atoms with E-state index in [9.17, 15) is 0 Å². The zero-order chi connectivity index (χ0) is 12.9. The van der Waals surface area contributed by atoms with E-state index in [1.165, 1.54) is 12.8 Å². The molecule has 1 aliphatic rings. The van der Waals surface area contributed by atoms with Crippen LogP contribution < -0.4 is 10.1 Å². The SMILES string of the molecule is c1coc(-c2cccnc2OCC2CCNCC2)c1. The number of piperidine rings is 1. The molecule has 1 fully saturated rings. The number of furan rings is 1. The molecule has 3 heterocycles. The molecule has 0 unspecified atom stereocenters. The van der Waals surface area contributed by atoms with Crippen LogP contribution in [0.5, 0.6) is 5.88 Å². The first-order chi connectivity index (χ1) is 9.43. The fourth-order valence-corrected chi connectivity index (χ4v) is 2.37. The maximum atomic E-state index is 5.90. The molecule has 1 aliphatic heterocycles. The maximum Gasteiger partial charge on any atom is 0.224 e. The van der Waals surface area contributed by atoms with Gasteiger partial charge in [-0.05, 0) is 56.1 Å². The Morgan fingerprint density at radius 1 is 1.26 bits per heavy atom. The molecule has 100 valence electrons. The molecule has 4 nitrogen and oxygen atoms in total. The van der Waals surface area contributed by atoms with Gasteiger partial charge in [-0.25, -0.2) is 4.98 Å². The van der Waals surface area contributed by atoms with Gasteiger partial charge in [-0.3, -0.25) is 0 Å². The van der Waals surface area contributed by atoms with Crippen LogP contribution in [-0.2, 0) is 0 Å². The Morgan fingerprint density at radius 2 is 2.16 bits per heavy atom. The Morgan fingerprint density at radius 3 is 2.95 bits per heavy atom. The Kier molecular flexibility index (Phi) is 3.79. The summed E-state index contributed by atoms with van der Waals surface area (Å²) in [4.78, 5) is 4.32. The zero-order valence-corrected chi connectivity index (χ0v) is 10.8. The molecule has 0 amide bonds. The number of hydrogen-bond acceptors (Lipinski definition) is 4. The topological polar surface area (TPSA) is 47.3 Å². The Labute approximate surface area is 112 Å². The Balaban J connectivity index is 1.70. The van der Waals surface area contributed by atoms with E-state index in [-0.39, 0.29) is 0 Å². The molecule has 1 N–H and O–H groups in total. The van der Waals surface area contributed by atoms with Crippen molar-refractivity contribution in [3.05, 3.63) is 36.7 Å². The van der Waals surface area contributed by atoms with Crippen molar-refractivity contribution in [2.75, 3.05) is 19.7 Å². The van der Waals surface area contributed by atoms with E-state index in [0.29, 0.717) is 11.8 Å². The minimum absolute atomic E-state index is 0.618. The van der Waals surface area contributed by atoms with Gasteiger partial charge in [0.25, 0.3) is 0 Å². The normalized spacial score (nSPS) is 16.4. The van der Waals surface area contributed by atoms with Gasteiger partial charge in [0, 0.05) is 6.20 Å². The van der Waals surface area contributed by atoms with Crippen LogP contribution in [0.4, 0.5) is 0 Å². The molecule has 0 saturated carbocycles. The largest absolute Gasteiger partial charge is 0.477 e. The minimum Gasteiger partial charge on any atom is -0.477 e. The maximum absolute atomic E-state index is 5.90. The van der Waals surface area contributed by atoms with Crippen molar-refractivity contribution in [2.24, 2.45) is 5.92 Å². The first-order valence-electron chi connectivity index (χ1n) is 6.76. The summed E-state index contributed by atoms with van der Waals surface area (Å²) in [6.07, 6.45) is 5.76. The predicted octanol–water partition coefficient (Wildman–Crippen LogP) is 2.72. The van der Waals surface area contributed by atoms with Gasteiger partial charge in [-0.1, -0.05) is 0 Å². The van der Waals surface area contributed by atoms with E-state index in [1.54, 1.807) is 12.5 Å². The number of nitrogens with zero attached hydrogens (tertiary/aromatic N) is 1. The van der Waals surface area contributed by atoms with Gasteiger partial charge >= 0.3 is 0 Å². The molecular weight excluding hydrogens is 240 g/mol. The highest BCUT2D eigenvalue weighted by atomic mass is 16.5. The van der Waals surface area contributed by atoms with Crippen LogP contribution in [0.1, 0.15) is 12.8 Å². The molecule has 0 radical (unpaired) electrons. The van der Waals surface area contributed by atoms with Gasteiger partial charge in [-0.15, -0.1) is 0 Å². The lowest BCUT2D eigenvalue weighted by molar-refractivity contribution is 0.209. The van der Waals surface area contributed by atoms with E-state index < -0.39 is 0 Å². The number of hydrogen-bond donors (Lipinski definition) is 1. The number of pyridine rings is 1. The summed E-state index contributed by atoms with van der Waals surface area (Å²) in [7, 11) is 0. The molecule has 1 saturated heterocycles. The monoisotopic (exact) mass is 258 g/mol. The Bertz CT molecular complexity index is 505. The highest BCUT2D eigenvalue weighted by Gasteiger charge is 2.16. The summed E-state index contributed by atoms with van der Waals surface area (Å²) in [6, 6.07) is 7.67. The predicted molar refractivity (Wildman–Crippen MR) is 73.0 cm³/mol. The third-order valence-electron chi connectivity index (χ3n) is 3.47. The highest BCUT2D eigenvalue weighted by molar-refractivity contribution is 5.62. The molecule has 0 aliphatic carbocycles. The smallest absolute Gasteiger partial charge is 0.224 e. The number of rotatable bonds is 4. The second-order valence-corrected chi connectivity index (χ2v) is 4.84. The summed E-state index contributed by atoms with van der Waals surface area (Å²) in [6.45, 7) is 2.90. The summed E-state index contributed by atoms with van der Waals surface area (Å²) in [5.41, 5.74) is 0.918. The molecule has 3 rings (SSSR count). The first-order valence-corrected chi connectivity index (χ1v) is 6.76. The quantitative estimate of drug-likeness (QED) is 0.916. The van der Waals surface area contributed by atoms with Gasteiger partial charge in [0.15, 0.2) is 0 Å². The van der Waals surface area contributed by atoms with Crippen LogP contribution in [0.15, 0.2) is 41.1 Å². The van der Waals surface area contributed by atoms with Crippen LogP contribution in [0.3, 0.4) is 0 Å². The molecule has 0 atom stereocenters.